The monoisotopic (exact) mass is 630 g/mol. The van der Waals surface area contributed by atoms with Crippen molar-refractivity contribution in [2.75, 3.05) is 32.2 Å². The van der Waals surface area contributed by atoms with Gasteiger partial charge in [-0.2, -0.15) is 0 Å². The predicted molar refractivity (Wildman–Crippen MR) is 141 cm³/mol. The number of halogens is 2. The molecule has 0 saturated carbocycles. The average Bonchev–Trinajstić information content (AvgIpc) is 3.07. The first-order chi connectivity index (χ1) is 16.7. The van der Waals surface area contributed by atoms with Crippen molar-refractivity contribution in [1.29, 1.82) is 0 Å². The topological polar surface area (TPSA) is 111 Å². The number of rotatable bonds is 9. The van der Waals surface area contributed by atoms with Crippen molar-refractivity contribution in [3.05, 3.63) is 55.5 Å². The van der Waals surface area contributed by atoms with Crippen molar-refractivity contribution < 1.29 is 33.4 Å². The Bertz CT molecular complexity index is 1190. The summed E-state index contributed by atoms with van der Waals surface area (Å²) in [6.07, 6.45) is 1.54. The number of carbonyl (C=O) groups excluding carboxylic acids is 4. The molecule has 1 aliphatic rings. The Kier molecular flexibility index (Phi) is 9.40. The maximum absolute atomic E-state index is 12.8. The van der Waals surface area contributed by atoms with Crippen molar-refractivity contribution in [3.8, 4) is 11.5 Å². The van der Waals surface area contributed by atoms with E-state index >= 15 is 0 Å². The number of amides is 3. The van der Waals surface area contributed by atoms with E-state index in [1.165, 1.54) is 13.2 Å². The minimum Gasteiger partial charge on any atom is -0.490 e. The summed E-state index contributed by atoms with van der Waals surface area (Å²) in [6.45, 7) is 1.42. The number of hydrogen-bond acceptors (Lipinski definition) is 8. The SMILES string of the molecule is CCOc1cc(/C=C2/SC(=O)N(CC(=O)Nc3ccc(Cl)cc3)C2=O)cc(I)c1OCC(=O)OC. The largest absolute Gasteiger partial charge is 0.490 e. The number of hydrogen-bond donors (Lipinski definition) is 1. The normalized spacial score (nSPS) is 14.3. The second-order valence-electron chi connectivity index (χ2n) is 6.95. The molecule has 0 bridgehead atoms. The van der Waals surface area contributed by atoms with Gasteiger partial charge in [0.2, 0.25) is 5.91 Å². The highest BCUT2D eigenvalue weighted by molar-refractivity contribution is 14.1. The van der Waals surface area contributed by atoms with Crippen LogP contribution in [0.15, 0.2) is 41.3 Å². The van der Waals surface area contributed by atoms with E-state index in [1.807, 2.05) is 22.6 Å². The van der Waals surface area contributed by atoms with Crippen LogP contribution in [0.4, 0.5) is 10.5 Å². The molecule has 12 heteroatoms. The maximum atomic E-state index is 12.8. The van der Waals surface area contributed by atoms with Crippen LogP contribution in [0, 0.1) is 3.57 Å². The molecule has 0 atom stereocenters. The second-order valence-corrected chi connectivity index (χ2v) is 9.54. The first kappa shape index (κ1) is 26.8. The number of methoxy groups -OCH3 is 1. The van der Waals surface area contributed by atoms with Crippen molar-refractivity contribution in [2.45, 2.75) is 6.92 Å². The van der Waals surface area contributed by atoms with Crippen molar-refractivity contribution >= 4 is 80.7 Å². The van der Waals surface area contributed by atoms with Crippen molar-refractivity contribution in [3.63, 3.8) is 0 Å². The van der Waals surface area contributed by atoms with E-state index < -0.39 is 29.6 Å². The lowest BCUT2D eigenvalue weighted by Crippen LogP contribution is -2.36. The zero-order valence-electron chi connectivity index (χ0n) is 18.6. The molecule has 3 amide bonds. The Morgan fingerprint density at radius 1 is 1.17 bits per heavy atom. The van der Waals surface area contributed by atoms with Crippen LogP contribution in [0.5, 0.6) is 11.5 Å². The number of thioether (sulfide) groups is 1. The fourth-order valence-electron chi connectivity index (χ4n) is 2.93. The molecule has 1 aliphatic heterocycles. The zero-order chi connectivity index (χ0) is 25.5. The summed E-state index contributed by atoms with van der Waals surface area (Å²) in [5.74, 6) is -0.902. The Balaban J connectivity index is 1.75. The third-order valence-electron chi connectivity index (χ3n) is 4.49. The van der Waals surface area contributed by atoms with Crippen LogP contribution in [-0.2, 0) is 19.1 Å². The van der Waals surface area contributed by atoms with Crippen LogP contribution >= 0.6 is 46.0 Å². The van der Waals surface area contributed by atoms with Crippen molar-refractivity contribution in [1.82, 2.24) is 4.90 Å². The molecular weight excluding hydrogens is 611 g/mol. The number of nitrogens with zero attached hydrogens (tertiary/aromatic N) is 1. The van der Waals surface area contributed by atoms with E-state index in [9.17, 15) is 19.2 Å². The van der Waals surface area contributed by atoms with Gasteiger partial charge in [-0.15, -0.1) is 0 Å². The molecule has 2 aromatic carbocycles. The Morgan fingerprint density at radius 3 is 2.54 bits per heavy atom. The van der Waals surface area contributed by atoms with Crippen LogP contribution in [0.25, 0.3) is 6.08 Å². The summed E-state index contributed by atoms with van der Waals surface area (Å²) in [6, 6.07) is 9.82. The van der Waals surface area contributed by atoms with Gasteiger partial charge in [0.05, 0.1) is 22.2 Å². The molecule has 184 valence electrons. The Labute approximate surface area is 224 Å². The number of anilines is 1. The zero-order valence-corrected chi connectivity index (χ0v) is 22.4. The lowest BCUT2D eigenvalue weighted by Gasteiger charge is -2.14. The molecule has 9 nitrogen and oxygen atoms in total. The molecule has 35 heavy (non-hydrogen) atoms. The second kappa shape index (κ2) is 12.3. The standard InChI is InChI=1S/C23H20ClIN2O7S/c1-3-33-17-9-13(8-16(25)21(17)34-12-20(29)32-2)10-18-22(30)27(23(31)35-18)11-19(28)26-15-6-4-14(24)5-7-15/h4-10H,3,11-12H2,1-2H3,(H,26,28)/b18-10+. The number of carbonyl (C=O) groups is 4. The van der Waals surface area contributed by atoms with Crippen molar-refractivity contribution in [2.24, 2.45) is 0 Å². The molecule has 3 rings (SSSR count). The summed E-state index contributed by atoms with van der Waals surface area (Å²) in [5, 5.41) is 2.59. The molecule has 1 N–H and O–H groups in total. The van der Waals surface area contributed by atoms with Gasteiger partial charge in [0, 0.05) is 10.7 Å². The molecule has 1 heterocycles. The van der Waals surface area contributed by atoms with Gasteiger partial charge in [0.25, 0.3) is 11.1 Å². The Hall–Kier alpha value is -2.77. The van der Waals surface area contributed by atoms with Gasteiger partial charge >= 0.3 is 5.97 Å². The molecular formula is C23H20ClIN2O7S. The van der Waals surface area contributed by atoms with Gasteiger partial charge in [-0.1, -0.05) is 11.6 Å². The first-order valence-electron chi connectivity index (χ1n) is 10.2. The summed E-state index contributed by atoms with van der Waals surface area (Å²) in [4.78, 5) is 50.1. The van der Waals surface area contributed by atoms with E-state index in [0.29, 0.717) is 37.9 Å². The molecule has 0 unspecified atom stereocenters. The molecule has 0 radical (unpaired) electrons. The molecule has 0 spiro atoms. The van der Waals surface area contributed by atoms with Gasteiger partial charge in [0.1, 0.15) is 6.54 Å². The quantitative estimate of drug-likeness (QED) is 0.244. The fraction of sp³-hybridized carbons (Fsp3) is 0.217. The smallest absolute Gasteiger partial charge is 0.343 e. The van der Waals surface area contributed by atoms with Gasteiger partial charge in [0.15, 0.2) is 18.1 Å². The Morgan fingerprint density at radius 2 is 1.89 bits per heavy atom. The lowest BCUT2D eigenvalue weighted by atomic mass is 10.2. The maximum Gasteiger partial charge on any atom is 0.343 e. The third kappa shape index (κ3) is 7.12. The summed E-state index contributed by atoms with van der Waals surface area (Å²) < 4.78 is 16.4. The number of benzene rings is 2. The fourth-order valence-corrected chi connectivity index (χ4v) is 4.67. The molecule has 1 fully saturated rings. The predicted octanol–water partition coefficient (Wildman–Crippen LogP) is 4.57. The van der Waals surface area contributed by atoms with Crippen LogP contribution in [-0.4, -0.2) is 54.8 Å². The molecule has 0 aromatic heterocycles. The minimum atomic E-state index is -0.578. The molecule has 2 aromatic rings. The van der Waals surface area contributed by atoms with Gasteiger partial charge in [-0.3, -0.25) is 19.3 Å². The van der Waals surface area contributed by atoms with E-state index in [0.717, 1.165) is 16.7 Å². The average molecular weight is 631 g/mol. The van der Waals surface area contributed by atoms with Crippen LogP contribution in [0.1, 0.15) is 12.5 Å². The van der Waals surface area contributed by atoms with E-state index in [1.54, 1.807) is 43.3 Å². The summed E-state index contributed by atoms with van der Waals surface area (Å²) in [7, 11) is 1.26. The number of nitrogens with one attached hydrogen (secondary N) is 1. The minimum absolute atomic E-state index is 0.163. The number of esters is 1. The van der Waals surface area contributed by atoms with E-state index in [4.69, 9.17) is 21.1 Å². The van der Waals surface area contributed by atoms with Gasteiger partial charge < -0.3 is 19.5 Å². The van der Waals surface area contributed by atoms with Gasteiger partial charge in [-0.05, 0) is 89.3 Å². The lowest BCUT2D eigenvalue weighted by molar-refractivity contribution is -0.143. The highest BCUT2D eigenvalue weighted by Crippen LogP contribution is 2.37. The van der Waals surface area contributed by atoms with E-state index in [-0.39, 0.29) is 11.5 Å². The van der Waals surface area contributed by atoms with Gasteiger partial charge in [-0.25, -0.2) is 4.79 Å². The third-order valence-corrected chi connectivity index (χ3v) is 6.46. The number of imide groups is 1. The highest BCUT2D eigenvalue weighted by Gasteiger charge is 2.36. The van der Waals surface area contributed by atoms with E-state index in [2.05, 4.69) is 10.1 Å². The van der Waals surface area contributed by atoms with Crippen LogP contribution in [0.3, 0.4) is 0 Å². The van der Waals surface area contributed by atoms with Crippen LogP contribution < -0.4 is 14.8 Å². The highest BCUT2D eigenvalue weighted by atomic mass is 127. The first-order valence-corrected chi connectivity index (χ1v) is 12.5. The molecule has 1 saturated heterocycles. The van der Waals surface area contributed by atoms with Crippen LogP contribution in [0.2, 0.25) is 5.02 Å². The summed E-state index contributed by atoms with van der Waals surface area (Å²) >= 11 is 8.59. The summed E-state index contributed by atoms with van der Waals surface area (Å²) in [5.41, 5.74) is 1.08. The number of ether oxygens (including phenoxy) is 3. The molecule has 0 aliphatic carbocycles.